The van der Waals surface area contributed by atoms with E-state index < -0.39 is 51.4 Å². The van der Waals surface area contributed by atoms with Gasteiger partial charge in [-0.25, -0.2) is 13.2 Å². The number of anilines is 2. The Bertz CT molecular complexity index is 1670. The quantitative estimate of drug-likeness (QED) is 0.215. The normalized spacial score (nSPS) is 24.5. The minimum Gasteiger partial charge on any atom is -0.463 e. The third-order valence-corrected chi connectivity index (χ3v) is 10.4. The molecule has 1 aliphatic carbocycles. The van der Waals surface area contributed by atoms with Crippen molar-refractivity contribution in [3.05, 3.63) is 39.9 Å². The number of piperazine rings is 1. The Morgan fingerprint density at radius 3 is 2.37 bits per heavy atom. The van der Waals surface area contributed by atoms with Crippen molar-refractivity contribution in [2.45, 2.75) is 69.9 Å². The predicted octanol–water partition coefficient (Wildman–Crippen LogP) is 6.67. The van der Waals surface area contributed by atoms with Crippen LogP contribution in [-0.2, 0) is 6.18 Å². The Hall–Kier alpha value is -3.03. The van der Waals surface area contributed by atoms with Crippen LogP contribution in [0.25, 0.3) is 22.0 Å². The molecule has 4 fully saturated rings. The molecule has 3 saturated heterocycles. The van der Waals surface area contributed by atoms with Gasteiger partial charge in [0.2, 0.25) is 0 Å². The number of nitrogens with two attached hydrogens (primary N) is 1. The SMILES string of the molecule is Cc1cc(N)c(F)c(-c2c(Cl)cc3c(N4CC5CCC(C4)N5)nc(OCC4(CN5CC[C@@H](F)C5)CCC4)nc3c2F)c1C(F)(F)F. The highest BCUT2D eigenvalue weighted by Gasteiger charge is 2.42. The lowest BCUT2D eigenvalue weighted by atomic mass is 9.69. The number of alkyl halides is 4. The summed E-state index contributed by atoms with van der Waals surface area (Å²) in [6.07, 6.45) is -0.747. The summed E-state index contributed by atoms with van der Waals surface area (Å²) >= 11 is 6.54. The first kappa shape index (κ1) is 31.6. The molecule has 2 aromatic carbocycles. The van der Waals surface area contributed by atoms with Crippen LogP contribution in [0.15, 0.2) is 12.1 Å². The second-order valence-electron chi connectivity index (χ2n) is 13.4. The number of nitrogen functional groups attached to an aromatic ring is 1. The maximum Gasteiger partial charge on any atom is 0.417 e. The van der Waals surface area contributed by atoms with Crippen LogP contribution in [0.5, 0.6) is 6.01 Å². The molecule has 0 amide bonds. The van der Waals surface area contributed by atoms with Crippen LogP contribution in [-0.4, -0.2) is 72.5 Å². The smallest absolute Gasteiger partial charge is 0.417 e. The van der Waals surface area contributed by atoms with Gasteiger partial charge in [0.05, 0.1) is 22.9 Å². The van der Waals surface area contributed by atoms with Crippen molar-refractivity contribution >= 4 is 34.0 Å². The Labute approximate surface area is 267 Å². The monoisotopic (exact) mass is 668 g/mol. The average molecular weight is 669 g/mol. The van der Waals surface area contributed by atoms with Crippen molar-refractivity contribution < 1.29 is 31.1 Å². The van der Waals surface area contributed by atoms with Gasteiger partial charge < -0.3 is 20.7 Å². The molecule has 1 aromatic heterocycles. The van der Waals surface area contributed by atoms with Gasteiger partial charge in [-0.2, -0.15) is 23.1 Å². The lowest BCUT2D eigenvalue weighted by molar-refractivity contribution is -0.137. The van der Waals surface area contributed by atoms with E-state index in [1.807, 2.05) is 4.90 Å². The minimum atomic E-state index is -5.03. The molecule has 7 nitrogen and oxygen atoms in total. The Morgan fingerprint density at radius 1 is 1.04 bits per heavy atom. The van der Waals surface area contributed by atoms with E-state index in [0.29, 0.717) is 45.0 Å². The zero-order valence-corrected chi connectivity index (χ0v) is 26.0. The second kappa shape index (κ2) is 11.6. The van der Waals surface area contributed by atoms with Gasteiger partial charge >= 0.3 is 12.2 Å². The van der Waals surface area contributed by atoms with Crippen LogP contribution in [0.2, 0.25) is 5.02 Å². The number of halogens is 7. The largest absolute Gasteiger partial charge is 0.463 e. The number of nitrogens with zero attached hydrogens (tertiary/aromatic N) is 4. The zero-order valence-electron chi connectivity index (χ0n) is 25.3. The average Bonchev–Trinajstić information content (AvgIpc) is 3.54. The molecule has 3 atom stereocenters. The number of rotatable bonds is 7. The standard InChI is InChI=1S/C32H35ClF6N6O/c1-16-9-22(40)26(35)24(25(16)32(37,38)39)23-21(33)10-20-28(27(23)36)42-30(43-29(20)45-12-18-3-4-19(13-45)41-18)46-15-31(6-2-7-31)14-44-8-5-17(34)11-44/h9-10,17-19,41H,2-8,11-15,40H2,1H3/t17-,18?,19?/m1/s1. The second-order valence-corrected chi connectivity index (χ2v) is 13.8. The molecule has 0 spiro atoms. The number of hydrogen-bond donors (Lipinski definition) is 2. The summed E-state index contributed by atoms with van der Waals surface area (Å²) in [5.74, 6) is -2.31. The highest BCUT2D eigenvalue weighted by Crippen LogP contribution is 2.48. The highest BCUT2D eigenvalue weighted by molar-refractivity contribution is 6.34. The molecule has 4 aliphatic rings. The minimum absolute atomic E-state index is 0.142. The first-order valence-electron chi connectivity index (χ1n) is 15.7. The van der Waals surface area contributed by atoms with Gasteiger partial charge in [0.1, 0.15) is 17.5 Å². The van der Waals surface area contributed by atoms with Gasteiger partial charge in [-0.15, -0.1) is 0 Å². The van der Waals surface area contributed by atoms with Gasteiger partial charge in [-0.05, 0) is 56.7 Å². The van der Waals surface area contributed by atoms with Gasteiger partial charge in [0.15, 0.2) is 11.6 Å². The first-order valence-corrected chi connectivity index (χ1v) is 16.1. The van der Waals surface area contributed by atoms with E-state index in [9.17, 15) is 17.6 Å². The molecule has 3 N–H and O–H groups in total. The summed E-state index contributed by atoms with van der Waals surface area (Å²) in [7, 11) is 0. The fraction of sp³-hybridized carbons (Fsp3) is 0.562. The Balaban J connectivity index is 1.34. The Kier molecular flexibility index (Phi) is 7.95. The molecule has 1 saturated carbocycles. The van der Waals surface area contributed by atoms with Crippen LogP contribution < -0.4 is 20.7 Å². The number of ether oxygens (including phenoxy) is 1. The molecule has 248 valence electrons. The number of nitrogens with one attached hydrogen (secondary N) is 1. The van der Waals surface area contributed by atoms with Gasteiger partial charge in [-0.3, -0.25) is 4.90 Å². The summed E-state index contributed by atoms with van der Waals surface area (Å²) in [5.41, 5.74) is 1.00. The molecule has 7 rings (SSSR count). The number of benzene rings is 2. The summed E-state index contributed by atoms with van der Waals surface area (Å²) in [5, 5.41) is 3.28. The van der Waals surface area contributed by atoms with Crippen molar-refractivity contribution in [2.24, 2.45) is 5.41 Å². The van der Waals surface area contributed by atoms with Gasteiger partial charge in [0.25, 0.3) is 0 Å². The third-order valence-electron chi connectivity index (χ3n) is 10.1. The van der Waals surface area contributed by atoms with E-state index in [0.717, 1.165) is 45.1 Å². The first-order chi connectivity index (χ1) is 21.8. The molecule has 3 aromatic rings. The molecule has 4 heterocycles. The van der Waals surface area contributed by atoms with Crippen LogP contribution in [0.1, 0.15) is 49.7 Å². The van der Waals surface area contributed by atoms with E-state index in [4.69, 9.17) is 27.1 Å². The molecular formula is C32H35ClF6N6O. The summed E-state index contributed by atoms with van der Waals surface area (Å²) in [4.78, 5) is 13.1. The van der Waals surface area contributed by atoms with Crippen molar-refractivity contribution in [1.82, 2.24) is 20.2 Å². The van der Waals surface area contributed by atoms with Gasteiger partial charge in [-0.1, -0.05) is 18.0 Å². The van der Waals surface area contributed by atoms with Gasteiger partial charge in [0, 0.05) is 66.7 Å². The molecular weight excluding hydrogens is 634 g/mol. The van der Waals surface area contributed by atoms with Crippen molar-refractivity contribution in [1.29, 1.82) is 0 Å². The summed E-state index contributed by atoms with van der Waals surface area (Å²) in [6.45, 7) is 4.16. The topological polar surface area (TPSA) is 79.5 Å². The third kappa shape index (κ3) is 5.61. The maximum atomic E-state index is 16.7. The lowest BCUT2D eigenvalue weighted by Crippen LogP contribution is -2.51. The molecule has 0 radical (unpaired) electrons. The van der Waals surface area contributed by atoms with E-state index >= 15 is 8.78 Å². The van der Waals surface area contributed by atoms with E-state index in [1.165, 1.54) is 6.07 Å². The highest BCUT2D eigenvalue weighted by atomic mass is 35.5. The van der Waals surface area contributed by atoms with E-state index in [-0.39, 0.29) is 46.6 Å². The van der Waals surface area contributed by atoms with Crippen molar-refractivity contribution in [2.75, 3.05) is 50.0 Å². The number of fused-ring (bicyclic) bond motifs is 3. The fourth-order valence-electron chi connectivity index (χ4n) is 7.73. The molecule has 3 aliphatic heterocycles. The van der Waals surface area contributed by atoms with E-state index in [2.05, 4.69) is 15.2 Å². The molecule has 2 unspecified atom stereocenters. The number of aryl methyl sites for hydroxylation is 1. The maximum absolute atomic E-state index is 16.7. The summed E-state index contributed by atoms with van der Waals surface area (Å²) in [6, 6.07) is 2.39. The van der Waals surface area contributed by atoms with Crippen LogP contribution in [0.4, 0.5) is 37.8 Å². The van der Waals surface area contributed by atoms with E-state index in [1.54, 1.807) is 0 Å². The van der Waals surface area contributed by atoms with Crippen LogP contribution >= 0.6 is 11.6 Å². The van der Waals surface area contributed by atoms with Crippen LogP contribution in [0, 0.1) is 24.0 Å². The molecule has 2 bridgehead atoms. The number of hydrogen-bond acceptors (Lipinski definition) is 7. The number of aromatic nitrogens is 2. The lowest BCUT2D eigenvalue weighted by Gasteiger charge is -2.43. The van der Waals surface area contributed by atoms with Crippen molar-refractivity contribution in [3.8, 4) is 17.1 Å². The van der Waals surface area contributed by atoms with Crippen molar-refractivity contribution in [3.63, 3.8) is 0 Å². The Morgan fingerprint density at radius 2 is 1.76 bits per heavy atom. The predicted molar refractivity (Wildman–Crippen MR) is 164 cm³/mol. The molecule has 14 heteroatoms. The van der Waals surface area contributed by atoms with Crippen LogP contribution in [0.3, 0.4) is 0 Å². The summed E-state index contributed by atoms with van der Waals surface area (Å²) < 4.78 is 95.2. The fourth-order valence-corrected chi connectivity index (χ4v) is 8.02. The zero-order chi connectivity index (χ0) is 32.5. The number of likely N-dealkylation sites (tertiary alicyclic amines) is 1. The molecule has 46 heavy (non-hydrogen) atoms.